The van der Waals surface area contributed by atoms with Crippen molar-refractivity contribution in [1.82, 2.24) is 0 Å². The Kier molecular flexibility index (Phi) is 2.25. The summed E-state index contributed by atoms with van der Waals surface area (Å²) in [6.07, 6.45) is 9.74. The van der Waals surface area contributed by atoms with Crippen molar-refractivity contribution in [3.63, 3.8) is 0 Å². The van der Waals surface area contributed by atoms with Crippen LogP contribution in [0.2, 0.25) is 0 Å². The molecular weight excluding hydrogens is 144 g/mol. The molecule has 3 atom stereocenters. The van der Waals surface area contributed by atoms with Gasteiger partial charge in [-0.3, -0.25) is 0 Å². The smallest absolute Gasteiger partial charge is 0.0175 e. The van der Waals surface area contributed by atoms with E-state index in [1.165, 1.54) is 32.1 Å². The Morgan fingerprint density at radius 2 is 2.17 bits per heavy atom. The SMILES string of the molecule is CCC1=CC2CCC1C(CC)C2. The highest BCUT2D eigenvalue weighted by Crippen LogP contribution is 2.46. The third-order valence-electron chi connectivity index (χ3n) is 3.88. The highest BCUT2D eigenvalue weighted by Gasteiger charge is 2.34. The second-order valence-electron chi connectivity index (χ2n) is 4.44. The number of hydrogen-bond acceptors (Lipinski definition) is 0. The minimum Gasteiger partial charge on any atom is -0.0819 e. The summed E-state index contributed by atoms with van der Waals surface area (Å²) in [4.78, 5) is 0. The summed E-state index contributed by atoms with van der Waals surface area (Å²) >= 11 is 0. The van der Waals surface area contributed by atoms with Crippen molar-refractivity contribution in [3.05, 3.63) is 11.6 Å². The van der Waals surface area contributed by atoms with Crippen molar-refractivity contribution < 1.29 is 0 Å². The quantitative estimate of drug-likeness (QED) is 0.545. The lowest BCUT2D eigenvalue weighted by Crippen LogP contribution is -2.30. The Morgan fingerprint density at radius 1 is 1.33 bits per heavy atom. The van der Waals surface area contributed by atoms with Crippen molar-refractivity contribution >= 4 is 0 Å². The summed E-state index contributed by atoms with van der Waals surface area (Å²) in [5.74, 6) is 2.96. The number of hydrogen-bond donors (Lipinski definition) is 0. The second kappa shape index (κ2) is 3.24. The number of fused-ring (bicyclic) bond motifs is 2. The first-order chi connectivity index (χ1) is 5.85. The molecule has 0 N–H and O–H groups in total. The van der Waals surface area contributed by atoms with E-state index in [0.717, 1.165) is 17.8 Å². The monoisotopic (exact) mass is 164 g/mol. The maximum Gasteiger partial charge on any atom is -0.0175 e. The standard InChI is InChI=1S/C12H20/c1-3-10-7-9-5-6-12(10)11(4-2)8-9/h7,9,11-12H,3-6,8H2,1-2H3. The topological polar surface area (TPSA) is 0 Å². The molecule has 0 radical (unpaired) electrons. The van der Waals surface area contributed by atoms with Crippen LogP contribution in [0.3, 0.4) is 0 Å². The van der Waals surface area contributed by atoms with Gasteiger partial charge in [0.2, 0.25) is 0 Å². The lowest BCUT2D eigenvalue weighted by atomic mass is 9.64. The first-order valence-electron chi connectivity index (χ1n) is 5.55. The van der Waals surface area contributed by atoms with E-state index >= 15 is 0 Å². The van der Waals surface area contributed by atoms with Crippen LogP contribution >= 0.6 is 0 Å². The molecular formula is C12H20. The minimum atomic E-state index is 0.954. The molecule has 3 unspecified atom stereocenters. The van der Waals surface area contributed by atoms with Crippen molar-refractivity contribution in [3.8, 4) is 0 Å². The van der Waals surface area contributed by atoms with E-state index in [2.05, 4.69) is 19.9 Å². The molecule has 0 amide bonds. The van der Waals surface area contributed by atoms with Gasteiger partial charge in [0.25, 0.3) is 0 Å². The zero-order valence-electron chi connectivity index (χ0n) is 8.34. The summed E-state index contributed by atoms with van der Waals surface area (Å²) < 4.78 is 0. The zero-order chi connectivity index (χ0) is 8.55. The Labute approximate surface area is 76.1 Å². The molecule has 68 valence electrons. The maximum absolute atomic E-state index is 2.58. The Balaban J connectivity index is 2.17. The Bertz CT molecular complexity index is 190. The summed E-state index contributed by atoms with van der Waals surface area (Å²) in [5, 5.41) is 0. The first kappa shape index (κ1) is 8.34. The molecule has 0 heteroatoms. The van der Waals surface area contributed by atoms with Gasteiger partial charge >= 0.3 is 0 Å². The second-order valence-corrected chi connectivity index (χ2v) is 4.44. The van der Waals surface area contributed by atoms with Gasteiger partial charge in [0.1, 0.15) is 0 Å². The van der Waals surface area contributed by atoms with Gasteiger partial charge in [0.15, 0.2) is 0 Å². The average molecular weight is 164 g/mol. The van der Waals surface area contributed by atoms with Gasteiger partial charge < -0.3 is 0 Å². The van der Waals surface area contributed by atoms with Crippen molar-refractivity contribution in [2.75, 3.05) is 0 Å². The third kappa shape index (κ3) is 1.22. The van der Waals surface area contributed by atoms with Gasteiger partial charge in [-0.05, 0) is 43.4 Å². The molecule has 1 saturated carbocycles. The van der Waals surface area contributed by atoms with E-state index in [-0.39, 0.29) is 0 Å². The number of rotatable bonds is 2. The molecule has 3 aliphatic rings. The molecule has 0 nitrogen and oxygen atoms in total. The zero-order valence-corrected chi connectivity index (χ0v) is 8.34. The molecule has 0 aliphatic heterocycles. The fraction of sp³-hybridized carbons (Fsp3) is 0.833. The fourth-order valence-electron chi connectivity index (χ4n) is 3.20. The van der Waals surface area contributed by atoms with Gasteiger partial charge in [-0.1, -0.05) is 31.9 Å². The molecule has 3 rings (SSSR count). The van der Waals surface area contributed by atoms with Crippen LogP contribution in [-0.4, -0.2) is 0 Å². The van der Waals surface area contributed by atoms with Crippen LogP contribution in [0.4, 0.5) is 0 Å². The van der Waals surface area contributed by atoms with E-state index in [9.17, 15) is 0 Å². The van der Waals surface area contributed by atoms with Crippen LogP contribution in [-0.2, 0) is 0 Å². The first-order valence-corrected chi connectivity index (χ1v) is 5.55. The highest BCUT2D eigenvalue weighted by molar-refractivity contribution is 5.17. The van der Waals surface area contributed by atoms with Gasteiger partial charge in [0.05, 0.1) is 0 Å². The highest BCUT2D eigenvalue weighted by atomic mass is 14.4. The Morgan fingerprint density at radius 3 is 2.75 bits per heavy atom. The van der Waals surface area contributed by atoms with Crippen LogP contribution in [0.5, 0.6) is 0 Å². The molecule has 0 spiro atoms. The van der Waals surface area contributed by atoms with Gasteiger partial charge in [-0.2, -0.15) is 0 Å². The summed E-state index contributed by atoms with van der Waals surface area (Å²) in [6, 6.07) is 0. The normalized spacial score (nSPS) is 39.8. The molecule has 2 bridgehead atoms. The van der Waals surface area contributed by atoms with Crippen LogP contribution in [0.1, 0.15) is 46.0 Å². The molecule has 0 aromatic rings. The third-order valence-corrected chi connectivity index (χ3v) is 3.88. The Hall–Kier alpha value is -0.260. The van der Waals surface area contributed by atoms with E-state index < -0.39 is 0 Å². The summed E-state index contributed by atoms with van der Waals surface area (Å²) in [7, 11) is 0. The molecule has 0 aromatic heterocycles. The van der Waals surface area contributed by atoms with E-state index in [4.69, 9.17) is 0 Å². The predicted octanol–water partition coefficient (Wildman–Crippen LogP) is 3.78. The molecule has 1 fully saturated rings. The van der Waals surface area contributed by atoms with Crippen molar-refractivity contribution in [1.29, 1.82) is 0 Å². The van der Waals surface area contributed by atoms with Crippen LogP contribution in [0.25, 0.3) is 0 Å². The molecule has 0 saturated heterocycles. The van der Waals surface area contributed by atoms with E-state index in [0.29, 0.717) is 0 Å². The molecule has 12 heavy (non-hydrogen) atoms. The van der Waals surface area contributed by atoms with Crippen LogP contribution in [0.15, 0.2) is 11.6 Å². The van der Waals surface area contributed by atoms with E-state index in [1.54, 1.807) is 5.57 Å². The largest absolute Gasteiger partial charge is 0.0819 e. The lowest BCUT2D eigenvalue weighted by molar-refractivity contribution is 0.198. The molecule has 0 aromatic carbocycles. The lowest BCUT2D eigenvalue weighted by Gasteiger charge is -2.41. The minimum absolute atomic E-state index is 0.954. The van der Waals surface area contributed by atoms with Crippen LogP contribution < -0.4 is 0 Å². The maximum atomic E-state index is 2.58. The van der Waals surface area contributed by atoms with Gasteiger partial charge in [-0.15, -0.1) is 0 Å². The average Bonchev–Trinajstić information content (AvgIpc) is 2.18. The molecule has 0 heterocycles. The number of allylic oxidation sites excluding steroid dienone is 2. The van der Waals surface area contributed by atoms with Gasteiger partial charge in [0, 0.05) is 0 Å². The van der Waals surface area contributed by atoms with Crippen LogP contribution in [0, 0.1) is 17.8 Å². The fourth-order valence-corrected chi connectivity index (χ4v) is 3.20. The van der Waals surface area contributed by atoms with Crippen molar-refractivity contribution in [2.24, 2.45) is 17.8 Å². The summed E-state index contributed by atoms with van der Waals surface area (Å²) in [6.45, 7) is 4.68. The summed E-state index contributed by atoms with van der Waals surface area (Å²) in [5.41, 5.74) is 1.78. The molecule has 3 aliphatic carbocycles. The van der Waals surface area contributed by atoms with Crippen molar-refractivity contribution in [2.45, 2.75) is 46.0 Å². The van der Waals surface area contributed by atoms with Gasteiger partial charge in [-0.25, -0.2) is 0 Å². The van der Waals surface area contributed by atoms with E-state index in [1.807, 2.05) is 0 Å². The predicted molar refractivity (Wildman–Crippen MR) is 53.0 cm³/mol.